The first-order valence-electron chi connectivity index (χ1n) is 7.04. The van der Waals surface area contributed by atoms with Crippen LogP contribution in [-0.4, -0.2) is 41.5 Å². The van der Waals surface area contributed by atoms with Crippen LogP contribution < -0.4 is 11.1 Å². The van der Waals surface area contributed by atoms with Gasteiger partial charge in [0.15, 0.2) is 0 Å². The third-order valence-corrected chi connectivity index (χ3v) is 4.35. The van der Waals surface area contributed by atoms with Crippen LogP contribution in [0.25, 0.3) is 0 Å². The van der Waals surface area contributed by atoms with E-state index in [1.54, 1.807) is 18.2 Å². The molecule has 0 spiro atoms. The van der Waals surface area contributed by atoms with Crippen molar-refractivity contribution in [2.75, 3.05) is 19.6 Å². The van der Waals surface area contributed by atoms with E-state index in [2.05, 4.69) is 10.2 Å². The fourth-order valence-corrected chi connectivity index (χ4v) is 2.93. The van der Waals surface area contributed by atoms with Crippen LogP contribution in [0.3, 0.4) is 0 Å². The predicted octanol–water partition coefficient (Wildman–Crippen LogP) is 2.13. The molecule has 0 atom stereocenters. The Balaban J connectivity index is 1.90. The largest absolute Gasteiger partial charge is 0.392 e. The number of thiocarbonyl (C=S) groups is 1. The number of piperidine rings is 1. The maximum absolute atomic E-state index is 12.3. The van der Waals surface area contributed by atoms with E-state index in [1.807, 2.05) is 6.92 Å². The first kappa shape index (κ1) is 16.2. The lowest BCUT2D eigenvalue weighted by atomic mass is 10.0. The van der Waals surface area contributed by atoms with Crippen molar-refractivity contribution in [1.29, 1.82) is 0 Å². The highest BCUT2D eigenvalue weighted by molar-refractivity contribution is 7.80. The summed E-state index contributed by atoms with van der Waals surface area (Å²) in [6, 6.07) is 5.59. The monoisotopic (exact) mass is 325 g/mol. The van der Waals surface area contributed by atoms with Crippen LogP contribution in [0.1, 0.15) is 28.8 Å². The molecule has 0 saturated carbocycles. The minimum absolute atomic E-state index is 0.0530. The molecule has 2 rings (SSSR count). The zero-order chi connectivity index (χ0) is 15.4. The lowest BCUT2D eigenvalue weighted by molar-refractivity contribution is 0.0914. The van der Waals surface area contributed by atoms with Crippen LogP contribution in [0, 0.1) is 6.92 Å². The number of hydrogen-bond acceptors (Lipinski definition) is 3. The Kier molecular flexibility index (Phi) is 5.56. The Bertz CT molecular complexity index is 542. The Hall–Kier alpha value is -1.17. The van der Waals surface area contributed by atoms with Gasteiger partial charge in [0, 0.05) is 36.3 Å². The fraction of sp³-hybridized carbons (Fsp3) is 0.467. The average Bonchev–Trinajstić information content (AvgIpc) is 2.43. The smallest absolute Gasteiger partial charge is 0.251 e. The summed E-state index contributed by atoms with van der Waals surface area (Å²) >= 11 is 11.0. The molecule has 1 aliphatic heterocycles. The average molecular weight is 326 g/mol. The SMILES string of the molecule is Cc1c(Cl)cccc1C(=O)NC1CCN(CC(N)=S)CC1. The second kappa shape index (κ2) is 7.20. The third-order valence-electron chi connectivity index (χ3n) is 3.81. The van der Waals surface area contributed by atoms with Crippen LogP contribution in [-0.2, 0) is 0 Å². The summed E-state index contributed by atoms with van der Waals surface area (Å²) in [6.45, 7) is 4.32. The first-order valence-corrected chi connectivity index (χ1v) is 7.82. The number of nitrogens with zero attached hydrogens (tertiary/aromatic N) is 1. The fourth-order valence-electron chi connectivity index (χ4n) is 2.57. The summed E-state index contributed by atoms with van der Waals surface area (Å²) < 4.78 is 0. The van der Waals surface area contributed by atoms with Gasteiger partial charge < -0.3 is 11.1 Å². The molecule has 1 heterocycles. The third kappa shape index (κ3) is 4.40. The highest BCUT2D eigenvalue weighted by Gasteiger charge is 2.22. The summed E-state index contributed by atoms with van der Waals surface area (Å²) in [5.41, 5.74) is 7.02. The Labute approximate surface area is 135 Å². The Morgan fingerprint density at radius 2 is 2.14 bits per heavy atom. The normalized spacial score (nSPS) is 16.7. The van der Waals surface area contributed by atoms with Gasteiger partial charge in [0.1, 0.15) is 0 Å². The molecule has 114 valence electrons. The van der Waals surface area contributed by atoms with Crippen LogP contribution in [0.15, 0.2) is 18.2 Å². The summed E-state index contributed by atoms with van der Waals surface area (Å²) in [6.07, 6.45) is 1.82. The van der Waals surface area contributed by atoms with Crippen molar-refractivity contribution in [2.24, 2.45) is 5.73 Å². The Morgan fingerprint density at radius 3 is 2.76 bits per heavy atom. The molecule has 0 aliphatic carbocycles. The van der Waals surface area contributed by atoms with Gasteiger partial charge in [-0.15, -0.1) is 0 Å². The number of rotatable bonds is 4. The number of halogens is 1. The van der Waals surface area contributed by atoms with E-state index in [9.17, 15) is 4.79 Å². The molecule has 4 nitrogen and oxygen atoms in total. The van der Waals surface area contributed by atoms with Gasteiger partial charge in [-0.2, -0.15) is 0 Å². The van der Waals surface area contributed by atoms with E-state index >= 15 is 0 Å². The lowest BCUT2D eigenvalue weighted by Gasteiger charge is -2.32. The van der Waals surface area contributed by atoms with Gasteiger partial charge in [0.25, 0.3) is 5.91 Å². The van der Waals surface area contributed by atoms with Crippen molar-refractivity contribution >= 4 is 34.7 Å². The molecule has 6 heteroatoms. The minimum atomic E-state index is -0.0530. The lowest BCUT2D eigenvalue weighted by Crippen LogP contribution is -2.46. The standard InChI is InChI=1S/C15H20ClN3OS/c1-10-12(3-2-4-13(10)16)15(20)18-11-5-7-19(8-6-11)9-14(17)21/h2-4,11H,5-9H2,1H3,(H2,17,21)(H,18,20). The Morgan fingerprint density at radius 1 is 1.48 bits per heavy atom. The number of likely N-dealkylation sites (tertiary alicyclic amines) is 1. The zero-order valence-electron chi connectivity index (χ0n) is 12.1. The van der Waals surface area contributed by atoms with Gasteiger partial charge >= 0.3 is 0 Å². The molecular weight excluding hydrogens is 306 g/mol. The van der Waals surface area contributed by atoms with E-state index in [0.29, 0.717) is 22.1 Å². The van der Waals surface area contributed by atoms with Crippen molar-refractivity contribution in [3.63, 3.8) is 0 Å². The highest BCUT2D eigenvalue weighted by Crippen LogP contribution is 2.19. The zero-order valence-corrected chi connectivity index (χ0v) is 13.6. The van der Waals surface area contributed by atoms with Crippen LogP contribution in [0.2, 0.25) is 5.02 Å². The first-order chi connectivity index (χ1) is 9.97. The van der Waals surface area contributed by atoms with E-state index in [1.165, 1.54) is 0 Å². The van der Waals surface area contributed by atoms with Crippen molar-refractivity contribution in [1.82, 2.24) is 10.2 Å². The molecule has 1 aromatic rings. The number of benzene rings is 1. The summed E-state index contributed by atoms with van der Waals surface area (Å²) in [5.74, 6) is -0.0530. The molecule has 0 unspecified atom stereocenters. The van der Waals surface area contributed by atoms with E-state index in [4.69, 9.17) is 29.6 Å². The molecule has 1 saturated heterocycles. The molecule has 1 aliphatic rings. The number of carbonyl (C=O) groups excluding carboxylic acids is 1. The van der Waals surface area contributed by atoms with Gasteiger partial charge in [-0.05, 0) is 37.5 Å². The molecule has 0 aromatic heterocycles. The topological polar surface area (TPSA) is 58.4 Å². The quantitative estimate of drug-likeness (QED) is 0.833. The van der Waals surface area contributed by atoms with E-state index in [-0.39, 0.29) is 11.9 Å². The van der Waals surface area contributed by atoms with Gasteiger partial charge in [0.05, 0.1) is 4.99 Å². The number of amides is 1. The van der Waals surface area contributed by atoms with Crippen LogP contribution in [0.5, 0.6) is 0 Å². The summed E-state index contributed by atoms with van der Waals surface area (Å²) in [4.78, 5) is 15.1. The van der Waals surface area contributed by atoms with Crippen molar-refractivity contribution in [3.05, 3.63) is 34.3 Å². The van der Waals surface area contributed by atoms with E-state index < -0.39 is 0 Å². The minimum Gasteiger partial charge on any atom is -0.392 e. The van der Waals surface area contributed by atoms with Gasteiger partial charge in [0.2, 0.25) is 0 Å². The number of carbonyl (C=O) groups is 1. The highest BCUT2D eigenvalue weighted by atomic mass is 35.5. The predicted molar refractivity (Wildman–Crippen MR) is 89.9 cm³/mol. The number of nitrogens with one attached hydrogen (secondary N) is 1. The van der Waals surface area contributed by atoms with Gasteiger partial charge in [-0.1, -0.05) is 29.9 Å². The second-order valence-corrected chi connectivity index (χ2v) is 6.33. The van der Waals surface area contributed by atoms with Crippen molar-refractivity contribution < 1.29 is 4.79 Å². The van der Waals surface area contributed by atoms with Crippen LogP contribution in [0.4, 0.5) is 0 Å². The molecule has 3 N–H and O–H groups in total. The maximum atomic E-state index is 12.3. The summed E-state index contributed by atoms with van der Waals surface area (Å²) in [7, 11) is 0. The van der Waals surface area contributed by atoms with E-state index in [0.717, 1.165) is 31.5 Å². The molecule has 21 heavy (non-hydrogen) atoms. The number of hydrogen-bond donors (Lipinski definition) is 2. The van der Waals surface area contributed by atoms with Gasteiger partial charge in [-0.3, -0.25) is 9.69 Å². The summed E-state index contributed by atoms with van der Waals surface area (Å²) in [5, 5.41) is 3.71. The number of nitrogens with two attached hydrogens (primary N) is 1. The molecule has 1 aromatic carbocycles. The van der Waals surface area contributed by atoms with Gasteiger partial charge in [-0.25, -0.2) is 0 Å². The van der Waals surface area contributed by atoms with Crippen molar-refractivity contribution in [2.45, 2.75) is 25.8 Å². The molecule has 1 fully saturated rings. The molecule has 1 amide bonds. The second-order valence-electron chi connectivity index (χ2n) is 5.40. The maximum Gasteiger partial charge on any atom is 0.251 e. The molecular formula is C15H20ClN3OS. The molecule has 0 bridgehead atoms. The molecule has 0 radical (unpaired) electrons. The van der Waals surface area contributed by atoms with Crippen LogP contribution >= 0.6 is 23.8 Å². The van der Waals surface area contributed by atoms with Crippen molar-refractivity contribution in [3.8, 4) is 0 Å².